The van der Waals surface area contributed by atoms with E-state index in [0.29, 0.717) is 19.5 Å². The Labute approximate surface area is 141 Å². The van der Waals surface area contributed by atoms with Crippen LogP contribution in [0.3, 0.4) is 0 Å². The smallest absolute Gasteiger partial charge is 0.308 e. The number of rotatable bonds is 5. The zero-order valence-corrected chi connectivity index (χ0v) is 14.0. The molecular formula is C18H23NO5. The average molecular weight is 333 g/mol. The van der Waals surface area contributed by atoms with Crippen LogP contribution in [0.25, 0.3) is 0 Å². The largest absolute Gasteiger partial charge is 0.497 e. The Morgan fingerprint density at radius 3 is 2.71 bits per heavy atom. The molecule has 6 heteroatoms. The lowest BCUT2D eigenvalue weighted by Gasteiger charge is -2.31. The van der Waals surface area contributed by atoms with Crippen LogP contribution in [0.15, 0.2) is 18.2 Å². The van der Waals surface area contributed by atoms with Gasteiger partial charge in [0, 0.05) is 30.5 Å². The minimum atomic E-state index is -0.811. The van der Waals surface area contributed by atoms with Crippen LogP contribution in [-0.2, 0) is 9.59 Å². The van der Waals surface area contributed by atoms with Crippen LogP contribution >= 0.6 is 0 Å². The standard InChI is InChI=1S/C18H23NO5/c1-23-12-5-6-16(24-2)14(8-12)13-9-15(13)17(20)19-7-3-4-11(10-19)18(21)22/h5-6,8,11,13,15H,3-4,7,9-10H2,1-2H3,(H,21,22). The quantitative estimate of drug-likeness (QED) is 0.893. The van der Waals surface area contributed by atoms with Gasteiger partial charge in [0.2, 0.25) is 5.91 Å². The van der Waals surface area contributed by atoms with E-state index in [9.17, 15) is 14.7 Å². The maximum absolute atomic E-state index is 12.7. The van der Waals surface area contributed by atoms with Crippen LogP contribution in [0.2, 0.25) is 0 Å². The summed E-state index contributed by atoms with van der Waals surface area (Å²) < 4.78 is 10.7. The third-order valence-electron chi connectivity index (χ3n) is 5.03. The first-order chi connectivity index (χ1) is 11.5. The fourth-order valence-corrected chi connectivity index (χ4v) is 3.55. The Balaban J connectivity index is 1.70. The van der Waals surface area contributed by atoms with E-state index in [2.05, 4.69) is 0 Å². The number of nitrogens with zero attached hydrogens (tertiary/aromatic N) is 1. The molecule has 1 N–H and O–H groups in total. The van der Waals surface area contributed by atoms with Crippen molar-refractivity contribution in [1.29, 1.82) is 0 Å². The van der Waals surface area contributed by atoms with E-state index in [-0.39, 0.29) is 17.7 Å². The molecule has 1 aliphatic carbocycles. The molecule has 1 aromatic carbocycles. The predicted molar refractivity (Wildman–Crippen MR) is 87.3 cm³/mol. The second-order valence-electron chi connectivity index (χ2n) is 6.52. The highest BCUT2D eigenvalue weighted by molar-refractivity contribution is 5.84. The van der Waals surface area contributed by atoms with Gasteiger partial charge in [0.05, 0.1) is 20.1 Å². The molecule has 1 saturated carbocycles. The van der Waals surface area contributed by atoms with Gasteiger partial charge in [-0.05, 0) is 37.5 Å². The number of hydrogen-bond donors (Lipinski definition) is 1. The van der Waals surface area contributed by atoms with Crippen molar-refractivity contribution in [3.63, 3.8) is 0 Å². The van der Waals surface area contributed by atoms with Crippen LogP contribution in [0.1, 0.15) is 30.7 Å². The molecule has 0 bridgehead atoms. The maximum atomic E-state index is 12.7. The molecular weight excluding hydrogens is 310 g/mol. The van der Waals surface area contributed by atoms with Crippen molar-refractivity contribution < 1.29 is 24.2 Å². The van der Waals surface area contributed by atoms with Crippen LogP contribution in [0.4, 0.5) is 0 Å². The highest BCUT2D eigenvalue weighted by atomic mass is 16.5. The Kier molecular flexibility index (Phi) is 4.64. The van der Waals surface area contributed by atoms with Crippen molar-refractivity contribution in [2.24, 2.45) is 11.8 Å². The summed E-state index contributed by atoms with van der Waals surface area (Å²) >= 11 is 0. The maximum Gasteiger partial charge on any atom is 0.308 e. The number of benzene rings is 1. The summed E-state index contributed by atoms with van der Waals surface area (Å²) in [5.41, 5.74) is 0.988. The van der Waals surface area contributed by atoms with Gasteiger partial charge in [-0.1, -0.05) is 0 Å². The number of carboxylic acids is 1. The number of carbonyl (C=O) groups is 2. The number of amides is 1. The van der Waals surface area contributed by atoms with Gasteiger partial charge in [-0.15, -0.1) is 0 Å². The van der Waals surface area contributed by atoms with E-state index in [0.717, 1.165) is 29.9 Å². The molecule has 3 rings (SSSR count). The number of methoxy groups -OCH3 is 2. The number of aliphatic carboxylic acids is 1. The molecule has 3 atom stereocenters. The molecule has 1 amide bonds. The van der Waals surface area contributed by atoms with Crippen molar-refractivity contribution in [3.8, 4) is 11.5 Å². The minimum Gasteiger partial charge on any atom is -0.497 e. The summed E-state index contributed by atoms with van der Waals surface area (Å²) in [4.78, 5) is 25.6. The van der Waals surface area contributed by atoms with Gasteiger partial charge in [-0.3, -0.25) is 9.59 Å². The summed E-state index contributed by atoms with van der Waals surface area (Å²) in [6.07, 6.45) is 2.18. The summed E-state index contributed by atoms with van der Waals surface area (Å²) in [6.45, 7) is 0.980. The number of carboxylic acid groups (broad SMARTS) is 1. The van der Waals surface area contributed by atoms with Crippen molar-refractivity contribution in [1.82, 2.24) is 4.90 Å². The molecule has 6 nitrogen and oxygen atoms in total. The zero-order chi connectivity index (χ0) is 17.3. The number of carbonyl (C=O) groups excluding carboxylic acids is 1. The van der Waals surface area contributed by atoms with E-state index >= 15 is 0 Å². The number of piperidine rings is 1. The molecule has 24 heavy (non-hydrogen) atoms. The van der Waals surface area contributed by atoms with Gasteiger partial charge in [0.15, 0.2) is 0 Å². The highest BCUT2D eigenvalue weighted by Gasteiger charge is 2.48. The monoisotopic (exact) mass is 333 g/mol. The first-order valence-corrected chi connectivity index (χ1v) is 8.28. The fourth-order valence-electron chi connectivity index (χ4n) is 3.55. The third kappa shape index (κ3) is 3.18. The topological polar surface area (TPSA) is 76.1 Å². The van der Waals surface area contributed by atoms with Crippen molar-refractivity contribution in [2.75, 3.05) is 27.3 Å². The third-order valence-corrected chi connectivity index (χ3v) is 5.03. The molecule has 0 aromatic heterocycles. The van der Waals surface area contributed by atoms with Crippen LogP contribution in [-0.4, -0.2) is 49.2 Å². The lowest BCUT2D eigenvalue weighted by Crippen LogP contribution is -2.43. The molecule has 130 valence electrons. The van der Waals surface area contributed by atoms with Gasteiger partial charge >= 0.3 is 5.97 Å². The Bertz CT molecular complexity index is 644. The second-order valence-corrected chi connectivity index (χ2v) is 6.52. The molecule has 1 aromatic rings. The van der Waals surface area contributed by atoms with Gasteiger partial charge in [0.1, 0.15) is 11.5 Å². The van der Waals surface area contributed by atoms with E-state index in [1.807, 2.05) is 18.2 Å². The van der Waals surface area contributed by atoms with E-state index in [4.69, 9.17) is 9.47 Å². The molecule has 1 heterocycles. The van der Waals surface area contributed by atoms with Gasteiger partial charge in [0.25, 0.3) is 0 Å². The van der Waals surface area contributed by atoms with Crippen LogP contribution < -0.4 is 9.47 Å². The lowest BCUT2D eigenvalue weighted by atomic mass is 9.97. The first kappa shape index (κ1) is 16.6. The Morgan fingerprint density at radius 1 is 1.25 bits per heavy atom. The molecule has 2 fully saturated rings. The Morgan fingerprint density at radius 2 is 2.04 bits per heavy atom. The molecule has 0 radical (unpaired) electrons. The van der Waals surface area contributed by atoms with Crippen LogP contribution in [0, 0.1) is 11.8 Å². The number of ether oxygens (including phenoxy) is 2. The summed E-state index contributed by atoms with van der Waals surface area (Å²) in [5, 5.41) is 9.18. The molecule has 3 unspecified atom stereocenters. The zero-order valence-electron chi connectivity index (χ0n) is 14.0. The SMILES string of the molecule is COc1ccc(OC)c(C2CC2C(=O)N2CCCC(C(=O)O)C2)c1. The predicted octanol–water partition coefficient (Wildman–Crippen LogP) is 2.13. The van der Waals surface area contributed by atoms with E-state index < -0.39 is 11.9 Å². The van der Waals surface area contributed by atoms with Gasteiger partial charge in [-0.2, -0.15) is 0 Å². The molecule has 1 saturated heterocycles. The Hall–Kier alpha value is -2.24. The molecule has 2 aliphatic rings. The number of hydrogen-bond acceptors (Lipinski definition) is 4. The average Bonchev–Trinajstić information content (AvgIpc) is 3.41. The lowest BCUT2D eigenvalue weighted by molar-refractivity contribution is -0.146. The summed E-state index contributed by atoms with van der Waals surface area (Å²) in [5.74, 6) is 0.355. The second kappa shape index (κ2) is 6.71. The molecule has 0 spiro atoms. The molecule has 1 aliphatic heterocycles. The van der Waals surface area contributed by atoms with Gasteiger partial charge < -0.3 is 19.5 Å². The summed E-state index contributed by atoms with van der Waals surface area (Å²) in [6, 6.07) is 5.62. The van der Waals surface area contributed by atoms with E-state index in [1.54, 1.807) is 19.1 Å². The normalized spacial score (nSPS) is 25.9. The van der Waals surface area contributed by atoms with Gasteiger partial charge in [-0.25, -0.2) is 0 Å². The summed E-state index contributed by atoms with van der Waals surface area (Å²) in [7, 11) is 3.23. The highest BCUT2D eigenvalue weighted by Crippen LogP contribution is 2.52. The minimum absolute atomic E-state index is 0.0656. The van der Waals surface area contributed by atoms with Crippen molar-refractivity contribution >= 4 is 11.9 Å². The van der Waals surface area contributed by atoms with Crippen LogP contribution in [0.5, 0.6) is 11.5 Å². The van der Waals surface area contributed by atoms with Crippen molar-refractivity contribution in [3.05, 3.63) is 23.8 Å². The van der Waals surface area contributed by atoms with E-state index in [1.165, 1.54) is 0 Å². The van der Waals surface area contributed by atoms with Crippen molar-refractivity contribution in [2.45, 2.75) is 25.2 Å². The number of likely N-dealkylation sites (tertiary alicyclic amines) is 1. The first-order valence-electron chi connectivity index (χ1n) is 8.28. The fraction of sp³-hybridized carbons (Fsp3) is 0.556.